The molecule has 0 bridgehead atoms. The number of nitrogens with two attached hydrogens (primary N) is 1. The Kier molecular flexibility index (Phi) is 6.63. The van der Waals surface area contributed by atoms with E-state index in [1.807, 2.05) is 54.6 Å². The van der Waals surface area contributed by atoms with Gasteiger partial charge in [-0.05, 0) is 40.8 Å². The summed E-state index contributed by atoms with van der Waals surface area (Å²) in [5, 5.41) is 12.0. The van der Waals surface area contributed by atoms with Crippen molar-refractivity contribution >= 4 is 11.8 Å². The minimum Gasteiger partial charge on any atom is -0.508 e. The third-order valence-electron chi connectivity index (χ3n) is 4.76. The van der Waals surface area contributed by atoms with Crippen molar-refractivity contribution in [2.75, 3.05) is 0 Å². The summed E-state index contributed by atoms with van der Waals surface area (Å²) in [6.07, 6.45) is 1.10. The number of phenols is 1. The monoisotopic (exact) mass is 388 g/mol. The fourth-order valence-corrected chi connectivity index (χ4v) is 3.11. The summed E-state index contributed by atoms with van der Waals surface area (Å²) in [7, 11) is 0. The van der Waals surface area contributed by atoms with Gasteiger partial charge in [-0.15, -0.1) is 0 Å². The van der Waals surface area contributed by atoms with E-state index in [-0.39, 0.29) is 18.1 Å². The lowest BCUT2D eigenvalue weighted by Crippen LogP contribution is -2.45. The fourth-order valence-electron chi connectivity index (χ4n) is 3.11. The second kappa shape index (κ2) is 9.55. The van der Waals surface area contributed by atoms with Gasteiger partial charge in [-0.1, -0.05) is 66.7 Å². The zero-order valence-electron chi connectivity index (χ0n) is 16.0. The van der Waals surface area contributed by atoms with Crippen molar-refractivity contribution in [2.24, 2.45) is 5.73 Å². The molecule has 0 fully saturated rings. The largest absolute Gasteiger partial charge is 0.508 e. The van der Waals surface area contributed by atoms with E-state index in [0.29, 0.717) is 12.8 Å². The van der Waals surface area contributed by atoms with Crippen LogP contribution in [0.1, 0.15) is 17.5 Å². The molecule has 29 heavy (non-hydrogen) atoms. The van der Waals surface area contributed by atoms with E-state index < -0.39 is 11.9 Å². The Morgan fingerprint density at radius 2 is 1.41 bits per heavy atom. The zero-order chi connectivity index (χ0) is 20.6. The van der Waals surface area contributed by atoms with Crippen molar-refractivity contribution in [1.29, 1.82) is 0 Å². The smallest absolute Gasteiger partial charge is 0.240 e. The molecule has 3 aromatic carbocycles. The molecule has 0 aliphatic rings. The van der Waals surface area contributed by atoms with Gasteiger partial charge in [0.1, 0.15) is 11.8 Å². The topological polar surface area (TPSA) is 92.4 Å². The Balaban J connectivity index is 1.57. The molecule has 0 radical (unpaired) electrons. The number of primary amides is 1. The molecule has 0 saturated heterocycles. The van der Waals surface area contributed by atoms with Crippen molar-refractivity contribution in [1.82, 2.24) is 5.32 Å². The van der Waals surface area contributed by atoms with E-state index in [2.05, 4.69) is 5.32 Å². The van der Waals surface area contributed by atoms with Gasteiger partial charge in [0.25, 0.3) is 0 Å². The van der Waals surface area contributed by atoms with Crippen molar-refractivity contribution in [3.63, 3.8) is 0 Å². The summed E-state index contributed by atoms with van der Waals surface area (Å²) in [6, 6.07) is 23.8. The number of phenolic OH excluding ortho intramolecular Hbond substituents is 1. The number of carbonyl (C=O) groups excluding carboxylic acids is 2. The Bertz CT molecular complexity index is 952. The maximum atomic E-state index is 12.3. The quantitative estimate of drug-likeness (QED) is 0.553. The van der Waals surface area contributed by atoms with Gasteiger partial charge in [0.15, 0.2) is 0 Å². The van der Waals surface area contributed by atoms with Crippen molar-refractivity contribution in [3.05, 3.63) is 90.0 Å². The van der Waals surface area contributed by atoms with E-state index in [9.17, 15) is 14.7 Å². The maximum absolute atomic E-state index is 12.3. The molecule has 5 nitrogen and oxygen atoms in total. The molecule has 0 heterocycles. The van der Waals surface area contributed by atoms with E-state index in [0.717, 1.165) is 22.3 Å². The van der Waals surface area contributed by atoms with Crippen LogP contribution in [-0.4, -0.2) is 23.0 Å². The molecule has 2 amide bonds. The first-order valence-electron chi connectivity index (χ1n) is 9.52. The number of benzene rings is 3. The predicted molar refractivity (Wildman–Crippen MR) is 113 cm³/mol. The summed E-state index contributed by atoms with van der Waals surface area (Å²) < 4.78 is 0. The summed E-state index contributed by atoms with van der Waals surface area (Å²) >= 11 is 0. The van der Waals surface area contributed by atoms with Gasteiger partial charge in [-0.3, -0.25) is 9.59 Å². The van der Waals surface area contributed by atoms with Gasteiger partial charge in [-0.2, -0.15) is 0 Å². The van der Waals surface area contributed by atoms with E-state index in [1.54, 1.807) is 24.3 Å². The first-order valence-corrected chi connectivity index (χ1v) is 9.52. The summed E-state index contributed by atoms with van der Waals surface area (Å²) in [5.74, 6) is -0.608. The molecule has 3 rings (SSSR count). The number of hydrogen-bond donors (Lipinski definition) is 3. The normalized spacial score (nSPS) is 11.6. The third-order valence-corrected chi connectivity index (χ3v) is 4.76. The summed E-state index contributed by atoms with van der Waals surface area (Å²) in [5.41, 5.74) is 9.56. The van der Waals surface area contributed by atoms with Gasteiger partial charge in [-0.25, -0.2) is 0 Å². The SMILES string of the molecule is NC(=O)[C@H](Cc1ccc(-c2ccccc2)cc1)NC(=O)CCc1ccc(O)cc1. The van der Waals surface area contributed by atoms with Crippen LogP contribution in [0.3, 0.4) is 0 Å². The van der Waals surface area contributed by atoms with Crippen LogP contribution in [0.15, 0.2) is 78.9 Å². The van der Waals surface area contributed by atoms with Gasteiger partial charge in [0, 0.05) is 12.8 Å². The highest BCUT2D eigenvalue weighted by Gasteiger charge is 2.18. The Labute approximate surface area is 170 Å². The Hall–Kier alpha value is -3.60. The summed E-state index contributed by atoms with van der Waals surface area (Å²) in [4.78, 5) is 24.1. The highest BCUT2D eigenvalue weighted by Crippen LogP contribution is 2.19. The molecule has 0 saturated carbocycles. The molecular weight excluding hydrogens is 364 g/mol. The van der Waals surface area contributed by atoms with Gasteiger partial charge in [0.2, 0.25) is 11.8 Å². The lowest BCUT2D eigenvalue weighted by atomic mass is 10.00. The second-order valence-electron chi connectivity index (χ2n) is 6.96. The number of hydrogen-bond acceptors (Lipinski definition) is 3. The third kappa shape index (κ3) is 5.94. The van der Waals surface area contributed by atoms with Crippen LogP contribution in [0.25, 0.3) is 11.1 Å². The minimum absolute atomic E-state index is 0.185. The van der Waals surface area contributed by atoms with E-state index >= 15 is 0 Å². The first-order chi connectivity index (χ1) is 14.0. The summed E-state index contributed by atoms with van der Waals surface area (Å²) in [6.45, 7) is 0. The number of amides is 2. The molecule has 0 unspecified atom stereocenters. The van der Waals surface area contributed by atoms with Gasteiger partial charge in [0.05, 0.1) is 0 Å². The molecule has 148 valence electrons. The molecule has 5 heteroatoms. The minimum atomic E-state index is -0.759. The van der Waals surface area contributed by atoms with Crippen LogP contribution in [0.2, 0.25) is 0 Å². The number of aromatic hydroxyl groups is 1. The Morgan fingerprint density at radius 3 is 2.03 bits per heavy atom. The lowest BCUT2D eigenvalue weighted by molar-refractivity contribution is -0.127. The molecule has 3 aromatic rings. The standard InChI is InChI=1S/C24H24N2O3/c25-24(29)22(26-23(28)15-10-17-8-13-21(27)14-9-17)16-18-6-11-20(12-7-18)19-4-2-1-3-5-19/h1-9,11-14,22,27H,10,15-16H2,(H2,25,29)(H,26,28)/t22-/m0/s1. The molecule has 0 aromatic heterocycles. The van der Waals surface area contributed by atoms with E-state index in [4.69, 9.17) is 5.73 Å². The lowest BCUT2D eigenvalue weighted by Gasteiger charge is -2.16. The van der Waals surface area contributed by atoms with E-state index in [1.165, 1.54) is 0 Å². The van der Waals surface area contributed by atoms with Gasteiger partial charge >= 0.3 is 0 Å². The van der Waals surface area contributed by atoms with Crippen LogP contribution >= 0.6 is 0 Å². The zero-order valence-corrected chi connectivity index (χ0v) is 16.0. The molecule has 1 atom stereocenters. The molecular formula is C24H24N2O3. The van der Waals surface area contributed by atoms with Crippen LogP contribution in [-0.2, 0) is 22.4 Å². The molecule has 4 N–H and O–H groups in total. The average Bonchev–Trinajstić information content (AvgIpc) is 2.74. The molecule has 0 aliphatic heterocycles. The maximum Gasteiger partial charge on any atom is 0.240 e. The van der Waals surface area contributed by atoms with Crippen LogP contribution in [0, 0.1) is 0 Å². The number of nitrogens with one attached hydrogen (secondary N) is 1. The highest BCUT2D eigenvalue weighted by atomic mass is 16.3. The highest BCUT2D eigenvalue weighted by molar-refractivity contribution is 5.86. The van der Waals surface area contributed by atoms with Crippen LogP contribution in [0.4, 0.5) is 0 Å². The number of carbonyl (C=O) groups is 2. The average molecular weight is 388 g/mol. The molecule has 0 spiro atoms. The fraction of sp³-hybridized carbons (Fsp3) is 0.167. The first kappa shape index (κ1) is 20.1. The van der Waals surface area contributed by atoms with Crippen molar-refractivity contribution in [2.45, 2.75) is 25.3 Å². The Morgan fingerprint density at radius 1 is 0.828 bits per heavy atom. The van der Waals surface area contributed by atoms with Crippen molar-refractivity contribution in [3.8, 4) is 16.9 Å². The van der Waals surface area contributed by atoms with Crippen LogP contribution < -0.4 is 11.1 Å². The second-order valence-corrected chi connectivity index (χ2v) is 6.96. The molecule has 0 aliphatic carbocycles. The predicted octanol–water partition coefficient (Wildman–Crippen LogP) is 3.20. The number of aryl methyl sites for hydroxylation is 1. The van der Waals surface area contributed by atoms with Crippen LogP contribution in [0.5, 0.6) is 5.75 Å². The van der Waals surface area contributed by atoms with Crippen molar-refractivity contribution < 1.29 is 14.7 Å². The van der Waals surface area contributed by atoms with Gasteiger partial charge < -0.3 is 16.2 Å². The number of rotatable bonds is 8.